The Balaban J connectivity index is 1.43. The molecule has 2 aromatic rings. The number of morpholine rings is 1. The van der Waals surface area contributed by atoms with E-state index in [1.54, 1.807) is 18.2 Å². The maximum Gasteiger partial charge on any atom is 0.255 e. The van der Waals surface area contributed by atoms with Crippen molar-refractivity contribution >= 4 is 17.3 Å². The van der Waals surface area contributed by atoms with Gasteiger partial charge in [0.1, 0.15) is 13.2 Å². The third kappa shape index (κ3) is 4.01. The average molecular weight is 368 g/mol. The second-order valence-electron chi connectivity index (χ2n) is 7.02. The normalized spacial score (nSPS) is 21.6. The summed E-state index contributed by atoms with van der Waals surface area (Å²) in [6.45, 7) is 6.94. The SMILES string of the molecule is CC1CN(c2ccc(NC(=O)c3ccc4c(c3)OCCO4)cc2)CC(C)O1. The Bertz CT molecular complexity index is 811. The average Bonchev–Trinajstić information content (AvgIpc) is 2.67. The molecule has 1 saturated heterocycles. The number of fused-ring (bicyclic) bond motifs is 1. The molecule has 0 bridgehead atoms. The van der Waals surface area contributed by atoms with Crippen molar-refractivity contribution in [2.24, 2.45) is 0 Å². The lowest BCUT2D eigenvalue weighted by molar-refractivity contribution is -0.00521. The van der Waals surface area contributed by atoms with Crippen LogP contribution in [-0.2, 0) is 4.74 Å². The Labute approximate surface area is 159 Å². The molecule has 1 N–H and O–H groups in total. The Kier molecular flexibility index (Phi) is 4.90. The molecule has 2 atom stereocenters. The van der Waals surface area contributed by atoms with Gasteiger partial charge in [0.2, 0.25) is 0 Å². The summed E-state index contributed by atoms with van der Waals surface area (Å²) in [6, 6.07) is 13.1. The fourth-order valence-electron chi connectivity index (χ4n) is 3.53. The Morgan fingerprint density at radius 3 is 2.33 bits per heavy atom. The molecule has 6 heteroatoms. The van der Waals surface area contributed by atoms with E-state index < -0.39 is 0 Å². The summed E-state index contributed by atoms with van der Waals surface area (Å²) in [5.41, 5.74) is 2.43. The lowest BCUT2D eigenvalue weighted by Crippen LogP contribution is -2.45. The second kappa shape index (κ2) is 7.48. The van der Waals surface area contributed by atoms with Crippen LogP contribution in [0.3, 0.4) is 0 Å². The topological polar surface area (TPSA) is 60.0 Å². The highest BCUT2D eigenvalue weighted by Gasteiger charge is 2.22. The van der Waals surface area contributed by atoms with Crippen molar-refractivity contribution in [1.29, 1.82) is 0 Å². The van der Waals surface area contributed by atoms with Crippen molar-refractivity contribution in [2.75, 3.05) is 36.5 Å². The van der Waals surface area contributed by atoms with Crippen LogP contribution in [0.25, 0.3) is 0 Å². The monoisotopic (exact) mass is 368 g/mol. The molecule has 1 fully saturated rings. The number of nitrogens with zero attached hydrogens (tertiary/aromatic N) is 1. The van der Waals surface area contributed by atoms with Crippen molar-refractivity contribution in [3.8, 4) is 11.5 Å². The van der Waals surface area contributed by atoms with Gasteiger partial charge in [-0.2, -0.15) is 0 Å². The number of hydrogen-bond donors (Lipinski definition) is 1. The van der Waals surface area contributed by atoms with Crippen LogP contribution < -0.4 is 19.7 Å². The molecule has 2 aliphatic rings. The summed E-state index contributed by atoms with van der Waals surface area (Å²) in [6.07, 6.45) is 0.423. The number of anilines is 2. The van der Waals surface area contributed by atoms with Gasteiger partial charge < -0.3 is 24.4 Å². The van der Waals surface area contributed by atoms with Gasteiger partial charge in [-0.15, -0.1) is 0 Å². The summed E-state index contributed by atoms with van der Waals surface area (Å²) >= 11 is 0. The Hall–Kier alpha value is -2.73. The number of nitrogens with one attached hydrogen (secondary N) is 1. The van der Waals surface area contributed by atoms with E-state index in [9.17, 15) is 4.79 Å². The van der Waals surface area contributed by atoms with Crippen LogP contribution in [-0.4, -0.2) is 44.4 Å². The van der Waals surface area contributed by atoms with E-state index in [4.69, 9.17) is 14.2 Å². The van der Waals surface area contributed by atoms with Gasteiger partial charge in [-0.3, -0.25) is 4.79 Å². The molecule has 0 aromatic heterocycles. The number of benzene rings is 2. The molecule has 2 aromatic carbocycles. The van der Waals surface area contributed by atoms with E-state index in [1.165, 1.54) is 0 Å². The molecule has 0 aliphatic carbocycles. The minimum absolute atomic E-state index is 0.173. The van der Waals surface area contributed by atoms with Crippen molar-refractivity contribution in [3.05, 3.63) is 48.0 Å². The number of hydrogen-bond acceptors (Lipinski definition) is 5. The molecule has 4 rings (SSSR count). The zero-order valence-corrected chi connectivity index (χ0v) is 15.6. The standard InChI is InChI=1S/C21H24N2O4/c1-14-12-23(13-15(2)27-14)18-6-4-17(5-7-18)22-21(24)16-3-8-19-20(11-16)26-10-9-25-19/h3-8,11,14-15H,9-10,12-13H2,1-2H3,(H,22,24). The van der Waals surface area contributed by atoms with Crippen molar-refractivity contribution in [1.82, 2.24) is 0 Å². The van der Waals surface area contributed by atoms with Crippen molar-refractivity contribution < 1.29 is 19.0 Å². The molecule has 6 nitrogen and oxygen atoms in total. The maximum absolute atomic E-state index is 12.5. The fourth-order valence-corrected chi connectivity index (χ4v) is 3.53. The Morgan fingerprint density at radius 1 is 0.963 bits per heavy atom. The van der Waals surface area contributed by atoms with Crippen molar-refractivity contribution in [3.63, 3.8) is 0 Å². The smallest absolute Gasteiger partial charge is 0.255 e. The first-order chi connectivity index (χ1) is 13.1. The highest BCUT2D eigenvalue weighted by molar-refractivity contribution is 6.04. The fraction of sp³-hybridized carbons (Fsp3) is 0.381. The highest BCUT2D eigenvalue weighted by Crippen LogP contribution is 2.31. The maximum atomic E-state index is 12.5. The van der Waals surface area contributed by atoms with Crippen LogP contribution in [0.1, 0.15) is 24.2 Å². The van der Waals surface area contributed by atoms with E-state index in [2.05, 4.69) is 24.1 Å². The number of rotatable bonds is 3. The minimum Gasteiger partial charge on any atom is -0.486 e. The number of carbonyl (C=O) groups excluding carboxylic acids is 1. The van der Waals surface area contributed by atoms with Crippen LogP contribution in [0.2, 0.25) is 0 Å². The Morgan fingerprint density at radius 2 is 1.63 bits per heavy atom. The number of amides is 1. The van der Waals surface area contributed by atoms with Gasteiger partial charge in [0, 0.05) is 30.0 Å². The molecule has 2 heterocycles. The highest BCUT2D eigenvalue weighted by atomic mass is 16.6. The molecule has 1 amide bonds. The first-order valence-electron chi connectivity index (χ1n) is 9.30. The number of ether oxygens (including phenoxy) is 3. The first-order valence-corrected chi connectivity index (χ1v) is 9.30. The van der Waals surface area contributed by atoms with E-state index in [0.29, 0.717) is 30.3 Å². The molecule has 0 radical (unpaired) electrons. The van der Waals surface area contributed by atoms with Crippen LogP contribution in [0, 0.1) is 0 Å². The molecular formula is C21H24N2O4. The van der Waals surface area contributed by atoms with Crippen LogP contribution in [0.4, 0.5) is 11.4 Å². The summed E-state index contributed by atoms with van der Waals surface area (Å²) in [7, 11) is 0. The summed E-state index contributed by atoms with van der Waals surface area (Å²) < 4.78 is 16.8. The lowest BCUT2D eigenvalue weighted by atomic mass is 10.1. The predicted molar refractivity (Wildman–Crippen MR) is 104 cm³/mol. The summed E-state index contributed by atoms with van der Waals surface area (Å²) in [5.74, 6) is 1.12. The van der Waals surface area contributed by atoms with E-state index in [1.807, 2.05) is 24.3 Å². The molecule has 0 spiro atoms. The van der Waals surface area contributed by atoms with Gasteiger partial charge in [-0.25, -0.2) is 0 Å². The quantitative estimate of drug-likeness (QED) is 0.901. The van der Waals surface area contributed by atoms with Crippen LogP contribution in [0.5, 0.6) is 11.5 Å². The number of carbonyl (C=O) groups is 1. The molecule has 2 aliphatic heterocycles. The van der Waals surface area contributed by atoms with Gasteiger partial charge in [0.05, 0.1) is 12.2 Å². The lowest BCUT2D eigenvalue weighted by Gasteiger charge is -2.36. The minimum atomic E-state index is -0.173. The van der Waals surface area contributed by atoms with Gasteiger partial charge >= 0.3 is 0 Å². The second-order valence-corrected chi connectivity index (χ2v) is 7.02. The summed E-state index contributed by atoms with van der Waals surface area (Å²) in [5, 5.41) is 2.93. The zero-order chi connectivity index (χ0) is 18.8. The first kappa shape index (κ1) is 17.7. The molecule has 2 unspecified atom stereocenters. The van der Waals surface area contributed by atoms with E-state index in [-0.39, 0.29) is 18.1 Å². The summed E-state index contributed by atoms with van der Waals surface area (Å²) in [4.78, 5) is 14.8. The largest absolute Gasteiger partial charge is 0.486 e. The van der Waals surface area contributed by atoms with Crippen LogP contribution >= 0.6 is 0 Å². The molecular weight excluding hydrogens is 344 g/mol. The molecule has 27 heavy (non-hydrogen) atoms. The van der Waals surface area contributed by atoms with Gasteiger partial charge in [0.25, 0.3) is 5.91 Å². The van der Waals surface area contributed by atoms with Gasteiger partial charge in [-0.1, -0.05) is 0 Å². The third-order valence-electron chi connectivity index (χ3n) is 4.71. The van der Waals surface area contributed by atoms with Gasteiger partial charge in [0.15, 0.2) is 11.5 Å². The van der Waals surface area contributed by atoms with E-state index in [0.717, 1.165) is 24.5 Å². The van der Waals surface area contributed by atoms with Crippen molar-refractivity contribution in [2.45, 2.75) is 26.1 Å². The van der Waals surface area contributed by atoms with Gasteiger partial charge in [-0.05, 0) is 56.3 Å². The predicted octanol–water partition coefficient (Wildman–Crippen LogP) is 3.32. The van der Waals surface area contributed by atoms with Crippen LogP contribution in [0.15, 0.2) is 42.5 Å². The van der Waals surface area contributed by atoms with E-state index >= 15 is 0 Å². The third-order valence-corrected chi connectivity index (χ3v) is 4.71. The molecule has 0 saturated carbocycles. The molecule has 142 valence electrons. The zero-order valence-electron chi connectivity index (χ0n) is 15.6.